The number of hydrogen-bond acceptors (Lipinski definition) is 3. The smallest absolute Gasteiger partial charge is 0.252 e. The number of aromatic nitrogens is 1. The van der Waals surface area contributed by atoms with Crippen LogP contribution >= 0.6 is 0 Å². The monoisotopic (exact) mass is 285 g/mol. The molecule has 0 amide bonds. The molecule has 2 N–H and O–H groups in total. The SMILES string of the molecule is CCN1CCC(NCc2cc3ccccc3[nH]c2=O)CC1. The van der Waals surface area contributed by atoms with E-state index in [4.69, 9.17) is 0 Å². The van der Waals surface area contributed by atoms with Crippen molar-refractivity contribution >= 4 is 10.9 Å². The predicted molar refractivity (Wildman–Crippen MR) is 86.5 cm³/mol. The van der Waals surface area contributed by atoms with Crippen molar-refractivity contribution in [1.82, 2.24) is 15.2 Å². The Hall–Kier alpha value is -1.65. The number of hydrogen-bond donors (Lipinski definition) is 2. The fourth-order valence-corrected chi connectivity index (χ4v) is 3.03. The predicted octanol–water partition coefficient (Wildman–Crippen LogP) is 2.10. The minimum absolute atomic E-state index is 0.0206. The summed E-state index contributed by atoms with van der Waals surface area (Å²) in [5.74, 6) is 0. The van der Waals surface area contributed by atoms with Gasteiger partial charge in [-0.05, 0) is 50.0 Å². The third-order valence-electron chi connectivity index (χ3n) is 4.45. The number of rotatable bonds is 4. The summed E-state index contributed by atoms with van der Waals surface area (Å²) < 4.78 is 0. The molecule has 0 spiro atoms. The van der Waals surface area contributed by atoms with Gasteiger partial charge in [0.1, 0.15) is 0 Å². The van der Waals surface area contributed by atoms with Crippen LogP contribution in [0, 0.1) is 0 Å². The molecule has 1 aliphatic rings. The highest BCUT2D eigenvalue weighted by atomic mass is 16.1. The van der Waals surface area contributed by atoms with Crippen molar-refractivity contribution in [3.8, 4) is 0 Å². The van der Waals surface area contributed by atoms with Gasteiger partial charge < -0.3 is 15.2 Å². The summed E-state index contributed by atoms with van der Waals surface area (Å²) in [5, 5.41) is 4.63. The third kappa shape index (κ3) is 3.34. The molecule has 2 heterocycles. The molecule has 1 aromatic carbocycles. The van der Waals surface area contributed by atoms with Gasteiger partial charge in [0.15, 0.2) is 0 Å². The number of aromatic amines is 1. The lowest BCUT2D eigenvalue weighted by atomic mass is 10.0. The molecule has 112 valence electrons. The summed E-state index contributed by atoms with van der Waals surface area (Å²) in [4.78, 5) is 17.5. The Bertz CT molecular complexity index is 656. The van der Waals surface area contributed by atoms with E-state index in [1.54, 1.807) is 0 Å². The summed E-state index contributed by atoms with van der Waals surface area (Å²) in [6, 6.07) is 10.4. The van der Waals surface area contributed by atoms with Crippen molar-refractivity contribution in [2.24, 2.45) is 0 Å². The molecule has 4 nitrogen and oxygen atoms in total. The average Bonchev–Trinajstić information content (AvgIpc) is 2.53. The van der Waals surface area contributed by atoms with Crippen LogP contribution in [0.2, 0.25) is 0 Å². The van der Waals surface area contributed by atoms with Gasteiger partial charge in [0, 0.05) is 23.7 Å². The third-order valence-corrected chi connectivity index (χ3v) is 4.45. The number of nitrogens with zero attached hydrogens (tertiary/aromatic N) is 1. The maximum atomic E-state index is 12.1. The zero-order chi connectivity index (χ0) is 14.7. The first-order chi connectivity index (χ1) is 10.3. The van der Waals surface area contributed by atoms with Crippen LogP contribution in [-0.2, 0) is 6.54 Å². The fraction of sp³-hybridized carbons (Fsp3) is 0.471. The first-order valence-electron chi connectivity index (χ1n) is 7.83. The second kappa shape index (κ2) is 6.41. The quantitative estimate of drug-likeness (QED) is 0.904. The number of benzene rings is 1. The second-order valence-corrected chi connectivity index (χ2v) is 5.80. The highest BCUT2D eigenvalue weighted by molar-refractivity contribution is 5.78. The zero-order valence-electron chi connectivity index (χ0n) is 12.6. The molecule has 0 bridgehead atoms. The number of fused-ring (bicyclic) bond motifs is 1. The van der Waals surface area contributed by atoms with E-state index in [9.17, 15) is 4.79 Å². The van der Waals surface area contributed by atoms with Gasteiger partial charge in [-0.3, -0.25) is 4.79 Å². The number of H-pyrrole nitrogens is 1. The molecular formula is C17H23N3O. The van der Waals surface area contributed by atoms with E-state index in [-0.39, 0.29) is 5.56 Å². The molecule has 2 aromatic rings. The van der Waals surface area contributed by atoms with Crippen LogP contribution in [0.4, 0.5) is 0 Å². The molecule has 4 heteroatoms. The van der Waals surface area contributed by atoms with Gasteiger partial charge >= 0.3 is 0 Å². The van der Waals surface area contributed by atoms with Gasteiger partial charge in [-0.2, -0.15) is 0 Å². The largest absolute Gasteiger partial charge is 0.322 e. The minimum atomic E-state index is 0.0206. The minimum Gasteiger partial charge on any atom is -0.322 e. The van der Waals surface area contributed by atoms with Gasteiger partial charge in [-0.15, -0.1) is 0 Å². The van der Waals surface area contributed by atoms with Crippen LogP contribution in [-0.4, -0.2) is 35.6 Å². The lowest BCUT2D eigenvalue weighted by Gasteiger charge is -2.31. The van der Waals surface area contributed by atoms with E-state index in [1.807, 2.05) is 30.3 Å². The Morgan fingerprint density at radius 1 is 1.29 bits per heavy atom. The summed E-state index contributed by atoms with van der Waals surface area (Å²) in [6.07, 6.45) is 2.33. The Morgan fingerprint density at radius 3 is 2.81 bits per heavy atom. The first kappa shape index (κ1) is 14.3. The van der Waals surface area contributed by atoms with Crippen LogP contribution in [0.3, 0.4) is 0 Å². The first-order valence-corrected chi connectivity index (χ1v) is 7.83. The van der Waals surface area contributed by atoms with E-state index in [0.717, 1.165) is 36.1 Å². The van der Waals surface area contributed by atoms with Crippen molar-refractivity contribution in [3.63, 3.8) is 0 Å². The van der Waals surface area contributed by atoms with Crippen LogP contribution in [0.25, 0.3) is 10.9 Å². The molecule has 0 saturated carbocycles. The van der Waals surface area contributed by atoms with E-state index in [0.29, 0.717) is 12.6 Å². The van der Waals surface area contributed by atoms with Gasteiger partial charge in [0.25, 0.3) is 5.56 Å². The molecule has 0 atom stereocenters. The Kier molecular flexibility index (Phi) is 4.36. The molecule has 21 heavy (non-hydrogen) atoms. The molecule has 0 radical (unpaired) electrons. The molecule has 0 unspecified atom stereocenters. The molecule has 3 rings (SSSR count). The Balaban J connectivity index is 1.65. The Morgan fingerprint density at radius 2 is 2.05 bits per heavy atom. The normalized spacial score (nSPS) is 17.4. The number of pyridine rings is 1. The number of piperidine rings is 1. The average molecular weight is 285 g/mol. The van der Waals surface area contributed by atoms with Gasteiger partial charge in [0.2, 0.25) is 0 Å². The lowest BCUT2D eigenvalue weighted by Crippen LogP contribution is -2.42. The topological polar surface area (TPSA) is 48.1 Å². The van der Waals surface area contributed by atoms with Crippen molar-refractivity contribution in [1.29, 1.82) is 0 Å². The van der Waals surface area contributed by atoms with Crippen LogP contribution in [0.1, 0.15) is 25.3 Å². The summed E-state index contributed by atoms with van der Waals surface area (Å²) in [7, 11) is 0. The van der Waals surface area contributed by atoms with Gasteiger partial charge in [-0.25, -0.2) is 0 Å². The summed E-state index contributed by atoms with van der Waals surface area (Å²) in [6.45, 7) is 6.31. The molecular weight excluding hydrogens is 262 g/mol. The number of para-hydroxylation sites is 1. The lowest BCUT2D eigenvalue weighted by molar-refractivity contribution is 0.206. The van der Waals surface area contributed by atoms with E-state index >= 15 is 0 Å². The standard InChI is InChI=1S/C17H23N3O/c1-2-20-9-7-15(8-10-20)18-12-14-11-13-5-3-4-6-16(13)19-17(14)21/h3-6,11,15,18H,2,7-10,12H2,1H3,(H,19,21). The highest BCUT2D eigenvalue weighted by Crippen LogP contribution is 2.12. The van der Waals surface area contributed by atoms with E-state index in [1.165, 1.54) is 12.8 Å². The summed E-state index contributed by atoms with van der Waals surface area (Å²) >= 11 is 0. The van der Waals surface area contributed by atoms with E-state index < -0.39 is 0 Å². The molecule has 1 saturated heterocycles. The number of nitrogens with one attached hydrogen (secondary N) is 2. The maximum Gasteiger partial charge on any atom is 0.252 e. The van der Waals surface area contributed by atoms with Gasteiger partial charge in [-0.1, -0.05) is 25.1 Å². The van der Waals surface area contributed by atoms with Gasteiger partial charge in [0.05, 0.1) is 0 Å². The number of likely N-dealkylation sites (tertiary alicyclic amines) is 1. The zero-order valence-corrected chi connectivity index (χ0v) is 12.6. The highest BCUT2D eigenvalue weighted by Gasteiger charge is 2.17. The second-order valence-electron chi connectivity index (χ2n) is 5.80. The van der Waals surface area contributed by atoms with Crippen LogP contribution < -0.4 is 10.9 Å². The van der Waals surface area contributed by atoms with Crippen molar-refractivity contribution < 1.29 is 0 Å². The molecule has 0 aliphatic carbocycles. The van der Waals surface area contributed by atoms with Crippen molar-refractivity contribution in [3.05, 3.63) is 46.2 Å². The maximum absolute atomic E-state index is 12.1. The van der Waals surface area contributed by atoms with E-state index in [2.05, 4.69) is 22.1 Å². The summed E-state index contributed by atoms with van der Waals surface area (Å²) in [5.41, 5.74) is 1.75. The molecule has 1 aliphatic heterocycles. The van der Waals surface area contributed by atoms with Crippen molar-refractivity contribution in [2.75, 3.05) is 19.6 Å². The molecule has 1 fully saturated rings. The van der Waals surface area contributed by atoms with Crippen molar-refractivity contribution in [2.45, 2.75) is 32.4 Å². The fourth-order valence-electron chi connectivity index (χ4n) is 3.03. The molecule has 1 aromatic heterocycles. The Labute approximate surface area is 125 Å². The van der Waals surface area contributed by atoms with Crippen LogP contribution in [0.5, 0.6) is 0 Å². The van der Waals surface area contributed by atoms with Crippen LogP contribution in [0.15, 0.2) is 35.1 Å².